The first-order valence-corrected chi connectivity index (χ1v) is 2.79. The van der Waals surface area contributed by atoms with E-state index in [0.29, 0.717) is 5.92 Å². The van der Waals surface area contributed by atoms with Gasteiger partial charge in [0, 0.05) is 25.8 Å². The second-order valence-corrected chi connectivity index (χ2v) is 1.96. The van der Waals surface area contributed by atoms with Crippen molar-refractivity contribution in [3.63, 3.8) is 0 Å². The van der Waals surface area contributed by atoms with Crippen LogP contribution in [0.2, 0.25) is 0 Å². The van der Waals surface area contributed by atoms with Crippen LogP contribution in [0.1, 0.15) is 13.8 Å². The number of nitrogens with zero attached hydrogens (tertiary/aromatic N) is 2. The van der Waals surface area contributed by atoms with Crippen LogP contribution in [0, 0.1) is 5.92 Å². The molecule has 2 nitrogen and oxygen atoms in total. The molecule has 0 fully saturated rings. The van der Waals surface area contributed by atoms with E-state index in [1.165, 1.54) is 0 Å². The van der Waals surface area contributed by atoms with Crippen molar-refractivity contribution >= 4 is 5.84 Å². The fraction of sp³-hybridized carbons (Fsp3) is 0.833. The van der Waals surface area contributed by atoms with Gasteiger partial charge in [-0.25, -0.2) is 0 Å². The summed E-state index contributed by atoms with van der Waals surface area (Å²) < 4.78 is 0. The monoisotopic (exact) mass is 158 g/mol. The Morgan fingerprint density at radius 3 is 1.89 bits per heavy atom. The molecule has 0 amide bonds. The zero-order valence-corrected chi connectivity index (χ0v) is 8.35. The van der Waals surface area contributed by atoms with Gasteiger partial charge in [0.1, 0.15) is 0 Å². The molecule has 0 saturated carbocycles. The maximum absolute atomic E-state index is 3.96. The van der Waals surface area contributed by atoms with Gasteiger partial charge in [0.05, 0.1) is 0 Å². The molecule has 0 atom stereocenters. The van der Waals surface area contributed by atoms with E-state index >= 15 is 0 Å². The van der Waals surface area contributed by atoms with E-state index in [-0.39, 0.29) is 25.8 Å². The van der Waals surface area contributed by atoms with Crippen molar-refractivity contribution in [1.29, 1.82) is 0 Å². The first-order chi connectivity index (χ1) is 3.72. The van der Waals surface area contributed by atoms with E-state index < -0.39 is 0 Å². The summed E-state index contributed by atoms with van der Waals surface area (Å²) in [4.78, 5) is 3.96. The standard InChI is InChI=1S/C6H13N2.Sc/c1-5(2)6(7-3)8-4;/h5H,1-4H3;/q-1;. The Kier molecular flexibility index (Phi) is 8.66. The van der Waals surface area contributed by atoms with Gasteiger partial charge in [0.2, 0.25) is 0 Å². The van der Waals surface area contributed by atoms with Gasteiger partial charge < -0.3 is 10.3 Å². The summed E-state index contributed by atoms with van der Waals surface area (Å²) in [6.07, 6.45) is 0. The fourth-order valence-corrected chi connectivity index (χ4v) is 0.616. The Hall–Kier alpha value is 0.340. The third-order valence-corrected chi connectivity index (χ3v) is 0.975. The van der Waals surface area contributed by atoms with Crippen LogP contribution >= 0.6 is 0 Å². The van der Waals surface area contributed by atoms with Crippen molar-refractivity contribution in [3.05, 3.63) is 5.32 Å². The summed E-state index contributed by atoms with van der Waals surface area (Å²) in [5, 5.41) is 3.96. The van der Waals surface area contributed by atoms with Crippen molar-refractivity contribution in [2.45, 2.75) is 13.8 Å². The largest absolute Gasteiger partial charge is 0.472 e. The number of hydrogen-bond donors (Lipinski definition) is 0. The fourth-order valence-electron chi connectivity index (χ4n) is 0.616. The average Bonchev–Trinajstić information content (AvgIpc) is 1.69. The van der Waals surface area contributed by atoms with Gasteiger partial charge >= 0.3 is 0 Å². The molecular weight excluding hydrogens is 145 g/mol. The first-order valence-electron chi connectivity index (χ1n) is 2.79. The van der Waals surface area contributed by atoms with Crippen LogP contribution in [-0.2, 0) is 25.8 Å². The second kappa shape index (κ2) is 6.46. The zero-order chi connectivity index (χ0) is 6.57. The topological polar surface area (TPSA) is 26.5 Å². The second-order valence-electron chi connectivity index (χ2n) is 1.96. The Morgan fingerprint density at radius 2 is 1.89 bits per heavy atom. The number of amidine groups is 1. The molecule has 0 aromatic rings. The minimum atomic E-state index is 0. The van der Waals surface area contributed by atoms with E-state index in [4.69, 9.17) is 0 Å². The first kappa shape index (κ1) is 12.1. The van der Waals surface area contributed by atoms with Crippen LogP contribution in [0.5, 0.6) is 0 Å². The predicted molar refractivity (Wildman–Crippen MR) is 37.5 cm³/mol. The van der Waals surface area contributed by atoms with E-state index in [9.17, 15) is 0 Å². The van der Waals surface area contributed by atoms with Gasteiger partial charge in [0.25, 0.3) is 0 Å². The van der Waals surface area contributed by atoms with Gasteiger partial charge in [-0.1, -0.05) is 33.8 Å². The molecule has 0 heterocycles. The van der Waals surface area contributed by atoms with Crippen LogP contribution in [0.15, 0.2) is 4.99 Å². The van der Waals surface area contributed by atoms with Crippen molar-refractivity contribution in [2.24, 2.45) is 10.9 Å². The van der Waals surface area contributed by atoms with E-state index in [1.54, 1.807) is 14.1 Å². The third-order valence-electron chi connectivity index (χ3n) is 0.975. The number of hydrogen-bond acceptors (Lipinski definition) is 1. The van der Waals surface area contributed by atoms with Gasteiger partial charge in [-0.05, 0) is 5.92 Å². The Balaban J connectivity index is 0. The normalized spacial score (nSPS) is 11.0. The molecule has 0 spiro atoms. The predicted octanol–water partition coefficient (Wildman–Crippen LogP) is 1.67. The quantitative estimate of drug-likeness (QED) is 0.410. The zero-order valence-electron chi connectivity index (χ0n) is 6.55. The van der Waals surface area contributed by atoms with Crippen LogP contribution < -0.4 is 0 Å². The van der Waals surface area contributed by atoms with E-state index in [2.05, 4.69) is 24.2 Å². The van der Waals surface area contributed by atoms with Crippen molar-refractivity contribution in [1.82, 2.24) is 0 Å². The van der Waals surface area contributed by atoms with Crippen molar-refractivity contribution in [2.75, 3.05) is 14.1 Å². The molecule has 51 valence electrons. The van der Waals surface area contributed by atoms with Crippen LogP contribution in [0.4, 0.5) is 0 Å². The molecule has 0 rings (SSSR count). The molecule has 0 bridgehead atoms. The summed E-state index contributed by atoms with van der Waals surface area (Å²) in [6.45, 7) is 4.16. The molecule has 0 aliphatic rings. The van der Waals surface area contributed by atoms with Crippen LogP contribution in [-0.4, -0.2) is 19.9 Å². The summed E-state index contributed by atoms with van der Waals surface area (Å²) in [5.41, 5.74) is 0. The summed E-state index contributed by atoms with van der Waals surface area (Å²) in [6, 6.07) is 0. The molecule has 0 N–H and O–H groups in total. The molecule has 1 radical (unpaired) electrons. The maximum atomic E-state index is 3.96. The van der Waals surface area contributed by atoms with E-state index in [0.717, 1.165) is 5.84 Å². The SMILES string of the molecule is CN=C([N-]C)C(C)C.[Sc]. The minimum absolute atomic E-state index is 0. The average molecular weight is 158 g/mol. The summed E-state index contributed by atoms with van der Waals surface area (Å²) in [7, 11) is 3.53. The minimum Gasteiger partial charge on any atom is -0.472 e. The molecule has 0 aliphatic heterocycles. The molecule has 0 aromatic carbocycles. The van der Waals surface area contributed by atoms with Crippen LogP contribution in [0.3, 0.4) is 0 Å². The molecule has 0 unspecified atom stereocenters. The Labute approximate surface area is 75.9 Å². The van der Waals surface area contributed by atoms with Gasteiger partial charge in [0.15, 0.2) is 0 Å². The summed E-state index contributed by atoms with van der Waals surface area (Å²) in [5.74, 6) is 1.40. The summed E-state index contributed by atoms with van der Waals surface area (Å²) >= 11 is 0. The van der Waals surface area contributed by atoms with Gasteiger partial charge in [-0.15, -0.1) is 0 Å². The molecule has 9 heavy (non-hydrogen) atoms. The number of aliphatic imine (C=N–C) groups is 1. The Morgan fingerprint density at radius 1 is 1.44 bits per heavy atom. The number of rotatable bonds is 1. The molecule has 0 aromatic heterocycles. The van der Waals surface area contributed by atoms with Gasteiger partial charge in [-0.3, -0.25) is 0 Å². The third kappa shape index (κ3) is 4.82. The molecule has 0 saturated heterocycles. The van der Waals surface area contributed by atoms with E-state index in [1.807, 2.05) is 0 Å². The van der Waals surface area contributed by atoms with Gasteiger partial charge in [-0.2, -0.15) is 0 Å². The molecular formula is C6H13N2Sc-. The van der Waals surface area contributed by atoms with Crippen LogP contribution in [0.25, 0.3) is 5.32 Å². The molecule has 0 aliphatic carbocycles. The smallest absolute Gasteiger partial charge is 0 e. The Bertz CT molecular complexity index is 89.1. The van der Waals surface area contributed by atoms with Crippen molar-refractivity contribution in [3.8, 4) is 0 Å². The van der Waals surface area contributed by atoms with Crippen molar-refractivity contribution < 1.29 is 25.8 Å². The molecule has 3 heteroatoms. The maximum Gasteiger partial charge on any atom is 0 e.